The Bertz CT molecular complexity index is 219. The van der Waals surface area contributed by atoms with E-state index in [0.717, 1.165) is 5.75 Å². The van der Waals surface area contributed by atoms with Crippen molar-refractivity contribution in [2.24, 2.45) is 0 Å². The summed E-state index contributed by atoms with van der Waals surface area (Å²) < 4.78 is 29.2. The van der Waals surface area contributed by atoms with E-state index in [2.05, 4.69) is 0 Å². The second-order valence-corrected chi connectivity index (χ2v) is 7.09. The average molecular weight is 228 g/mol. The summed E-state index contributed by atoms with van der Waals surface area (Å²) in [6, 6.07) is 0. The van der Waals surface area contributed by atoms with Crippen LogP contribution in [-0.2, 0) is 21.0 Å². The zero-order valence-electron chi connectivity index (χ0n) is 7.48. The van der Waals surface area contributed by atoms with E-state index in [4.69, 9.17) is 4.55 Å². The molecule has 0 radical (unpaired) electrons. The highest BCUT2D eigenvalue weighted by Gasteiger charge is 2.23. The molecule has 0 aromatic heterocycles. The summed E-state index contributed by atoms with van der Waals surface area (Å²) in [5.41, 5.74) is 0. The van der Waals surface area contributed by atoms with Crippen LogP contribution in [-0.4, -0.2) is 41.5 Å². The van der Waals surface area contributed by atoms with Gasteiger partial charge in [0.15, 0.2) is 0 Å². The largest absolute Gasteiger partial charge is 0.870 e. The summed E-state index contributed by atoms with van der Waals surface area (Å²) in [5.74, 6) is 3.47. The minimum absolute atomic E-state index is 0. The van der Waals surface area contributed by atoms with Gasteiger partial charge in [0.25, 0.3) is 10.1 Å². The van der Waals surface area contributed by atoms with Crippen LogP contribution in [0.15, 0.2) is 0 Å². The fourth-order valence-electron chi connectivity index (χ4n) is 1.36. The first-order chi connectivity index (χ1) is 5.58. The highest BCUT2D eigenvalue weighted by molar-refractivity contribution is 7.97. The van der Waals surface area contributed by atoms with Crippen molar-refractivity contribution in [1.29, 1.82) is 0 Å². The molecule has 1 fully saturated rings. The Labute approximate surface area is 82.1 Å². The van der Waals surface area contributed by atoms with Crippen LogP contribution in [0.5, 0.6) is 0 Å². The standard InChI is InChI=1S/C7H14O3S2.H2O/c8-12(9,10)7-3-6-11-4-1-2-5-11;/h1-7H2;1H2. The third kappa shape index (κ3) is 6.31. The molecule has 0 bridgehead atoms. The minimum atomic E-state index is -3.71. The van der Waals surface area contributed by atoms with Gasteiger partial charge >= 0.3 is 0 Å². The Morgan fingerprint density at radius 2 is 1.77 bits per heavy atom. The van der Waals surface area contributed by atoms with Gasteiger partial charge in [-0.15, -0.1) is 0 Å². The van der Waals surface area contributed by atoms with E-state index in [-0.39, 0.29) is 11.2 Å². The van der Waals surface area contributed by atoms with Crippen molar-refractivity contribution in [3.8, 4) is 0 Å². The van der Waals surface area contributed by atoms with Gasteiger partial charge in [-0.3, -0.25) is 4.55 Å². The molecule has 0 amide bonds. The molecule has 0 saturated carbocycles. The molecule has 0 aliphatic carbocycles. The fraction of sp³-hybridized carbons (Fsp3) is 1.00. The molecule has 1 rings (SSSR count). The maximum atomic E-state index is 10.4. The van der Waals surface area contributed by atoms with Gasteiger partial charge in [-0.1, -0.05) is 0 Å². The van der Waals surface area contributed by atoms with Gasteiger partial charge in [-0.05, 0) is 23.7 Å². The van der Waals surface area contributed by atoms with E-state index in [1.807, 2.05) is 0 Å². The first kappa shape index (κ1) is 13.2. The molecule has 2 N–H and O–H groups in total. The molecule has 80 valence electrons. The molecule has 0 spiro atoms. The highest BCUT2D eigenvalue weighted by Crippen LogP contribution is 2.14. The van der Waals surface area contributed by atoms with E-state index in [1.165, 1.54) is 24.3 Å². The highest BCUT2D eigenvalue weighted by atomic mass is 32.2. The van der Waals surface area contributed by atoms with Crippen molar-refractivity contribution in [2.75, 3.05) is 23.0 Å². The minimum Gasteiger partial charge on any atom is -0.870 e. The van der Waals surface area contributed by atoms with Crippen molar-refractivity contribution < 1.29 is 18.4 Å². The Kier molecular flexibility index (Phi) is 5.95. The van der Waals surface area contributed by atoms with Gasteiger partial charge in [-0.2, -0.15) is 8.42 Å². The van der Waals surface area contributed by atoms with Crippen LogP contribution >= 0.6 is 0 Å². The van der Waals surface area contributed by atoms with Crippen molar-refractivity contribution >= 4 is 21.0 Å². The van der Waals surface area contributed by atoms with Gasteiger partial charge in [0.1, 0.15) is 17.3 Å². The lowest BCUT2D eigenvalue weighted by atomic mass is 10.4. The van der Waals surface area contributed by atoms with Gasteiger partial charge in [0, 0.05) is 6.42 Å². The summed E-state index contributed by atoms with van der Waals surface area (Å²) in [6.07, 6.45) is 3.23. The predicted octanol–water partition coefficient (Wildman–Crippen LogP) is 0.500. The summed E-state index contributed by atoms with van der Waals surface area (Å²) in [7, 11) is -3.25. The smallest absolute Gasteiger partial charge is 0.265 e. The van der Waals surface area contributed by atoms with Crippen LogP contribution in [0.3, 0.4) is 0 Å². The molecule has 1 aliphatic heterocycles. The van der Waals surface area contributed by atoms with Crippen LogP contribution in [0.1, 0.15) is 19.3 Å². The number of hydrogen-bond donors (Lipinski definition) is 1. The Balaban J connectivity index is 0.00000144. The third-order valence-electron chi connectivity index (χ3n) is 1.95. The molecule has 1 heterocycles. The van der Waals surface area contributed by atoms with Crippen molar-refractivity contribution in [2.45, 2.75) is 19.3 Å². The van der Waals surface area contributed by atoms with Gasteiger partial charge in [0.2, 0.25) is 0 Å². The van der Waals surface area contributed by atoms with Crippen molar-refractivity contribution in [3.63, 3.8) is 0 Å². The quantitative estimate of drug-likeness (QED) is 0.561. The molecule has 6 heteroatoms. The second kappa shape index (κ2) is 5.85. The van der Waals surface area contributed by atoms with E-state index >= 15 is 0 Å². The predicted molar refractivity (Wildman–Crippen MR) is 54.2 cm³/mol. The summed E-state index contributed by atoms with van der Waals surface area (Å²) in [6.45, 7) is 0. The van der Waals surface area contributed by atoms with E-state index < -0.39 is 10.1 Å². The first-order valence-electron chi connectivity index (χ1n) is 4.17. The summed E-state index contributed by atoms with van der Waals surface area (Å²) >= 11 is 0. The molecule has 4 nitrogen and oxygen atoms in total. The van der Waals surface area contributed by atoms with Crippen molar-refractivity contribution in [3.05, 3.63) is 0 Å². The Morgan fingerprint density at radius 1 is 1.23 bits per heavy atom. The molecular weight excluding hydrogens is 212 g/mol. The maximum absolute atomic E-state index is 10.4. The molecule has 0 atom stereocenters. The van der Waals surface area contributed by atoms with Gasteiger partial charge in [0.05, 0.1) is 5.75 Å². The average Bonchev–Trinajstić information content (AvgIpc) is 2.36. The Hall–Kier alpha value is 0.220. The van der Waals surface area contributed by atoms with Gasteiger partial charge in [-0.25, -0.2) is 0 Å². The van der Waals surface area contributed by atoms with E-state index in [9.17, 15) is 8.42 Å². The lowest BCUT2D eigenvalue weighted by Crippen LogP contribution is -2.13. The van der Waals surface area contributed by atoms with Gasteiger partial charge < -0.3 is 5.48 Å². The third-order valence-corrected chi connectivity index (χ3v) is 5.35. The van der Waals surface area contributed by atoms with Crippen LogP contribution in [0, 0.1) is 0 Å². The molecule has 0 aromatic rings. The molecular formula is C7H16O4S2. The lowest BCUT2D eigenvalue weighted by Gasteiger charge is -1.98. The topological polar surface area (TPSA) is 84.4 Å². The molecule has 1 aliphatic rings. The zero-order chi connectivity index (χ0) is 9.03. The summed E-state index contributed by atoms with van der Waals surface area (Å²) in [5, 5.41) is 0. The zero-order valence-corrected chi connectivity index (χ0v) is 9.11. The molecule has 13 heavy (non-hydrogen) atoms. The van der Waals surface area contributed by atoms with Crippen molar-refractivity contribution in [1.82, 2.24) is 0 Å². The van der Waals surface area contributed by atoms with Crippen LogP contribution in [0.25, 0.3) is 0 Å². The van der Waals surface area contributed by atoms with Crippen LogP contribution in [0.2, 0.25) is 0 Å². The SMILES string of the molecule is O=S(=O)(O)CCC[S+]1CCCC1.[OH-]. The molecule has 1 saturated heterocycles. The fourth-order valence-corrected chi connectivity index (χ4v) is 4.45. The maximum Gasteiger partial charge on any atom is 0.265 e. The van der Waals surface area contributed by atoms with Crippen LogP contribution < -0.4 is 0 Å². The normalized spacial score (nSPS) is 18.5. The molecule has 0 unspecified atom stereocenters. The van der Waals surface area contributed by atoms with Crippen LogP contribution in [0.4, 0.5) is 0 Å². The number of hydrogen-bond acceptors (Lipinski definition) is 3. The molecule has 0 aromatic carbocycles. The number of rotatable bonds is 4. The Morgan fingerprint density at radius 3 is 2.23 bits per heavy atom. The second-order valence-electron chi connectivity index (χ2n) is 3.07. The first-order valence-corrected chi connectivity index (χ1v) is 7.51. The van der Waals surface area contributed by atoms with E-state index in [0.29, 0.717) is 17.3 Å². The lowest BCUT2D eigenvalue weighted by molar-refractivity contribution is 0.482. The van der Waals surface area contributed by atoms with E-state index in [1.54, 1.807) is 0 Å². The summed E-state index contributed by atoms with van der Waals surface area (Å²) in [4.78, 5) is 0. The monoisotopic (exact) mass is 228 g/mol.